The number of aromatic nitrogens is 1. The van der Waals surface area contributed by atoms with Gasteiger partial charge in [-0.25, -0.2) is 0 Å². The van der Waals surface area contributed by atoms with Crippen LogP contribution < -0.4 is 10.1 Å². The van der Waals surface area contributed by atoms with E-state index in [4.69, 9.17) is 4.74 Å². The Bertz CT molecular complexity index is 829. The molecule has 2 atom stereocenters. The molecule has 0 unspecified atom stereocenters. The van der Waals surface area contributed by atoms with E-state index in [9.17, 15) is 4.79 Å². The lowest BCUT2D eigenvalue weighted by atomic mass is 9.96. The van der Waals surface area contributed by atoms with E-state index in [1.165, 1.54) is 0 Å². The van der Waals surface area contributed by atoms with Gasteiger partial charge in [-0.15, -0.1) is 12.4 Å². The van der Waals surface area contributed by atoms with Crippen LogP contribution >= 0.6 is 12.4 Å². The maximum absolute atomic E-state index is 12.5. The molecule has 6 heteroatoms. The molecule has 1 aromatic carbocycles. The Morgan fingerprint density at radius 3 is 2.81 bits per heavy atom. The van der Waals surface area contributed by atoms with E-state index >= 15 is 0 Å². The van der Waals surface area contributed by atoms with Gasteiger partial charge >= 0.3 is 0 Å². The number of halogens is 1. The third-order valence-electron chi connectivity index (χ3n) is 5.56. The number of ether oxygens (including phenoxy) is 1. The summed E-state index contributed by atoms with van der Waals surface area (Å²) in [5, 5.41) is 3.59. The van der Waals surface area contributed by atoms with Crippen LogP contribution in [0, 0.1) is 0 Å². The van der Waals surface area contributed by atoms with Crippen LogP contribution in [0.15, 0.2) is 42.6 Å². The number of hydrogen-bond acceptors (Lipinski definition) is 4. The first-order valence-corrected chi connectivity index (χ1v) is 9.34. The standard InChI is InChI=1S/C21H25N3O2.ClH/c1-3-26-17-6-4-5-15(13-17)16-8-11-22-19(14-16)18-7-9-21(23-18)10-12-24(2)20(21)25;/h4-6,8,11,13-14,18,23H,3,7,9-10,12H2,1-2H3;1H/t18-,21+;/m1./s1. The molecule has 2 fully saturated rings. The van der Waals surface area contributed by atoms with Gasteiger partial charge in [0.1, 0.15) is 11.3 Å². The zero-order valence-corrected chi connectivity index (χ0v) is 16.6. The summed E-state index contributed by atoms with van der Waals surface area (Å²) in [5.74, 6) is 1.10. The van der Waals surface area contributed by atoms with Gasteiger partial charge in [0.15, 0.2) is 0 Å². The first-order chi connectivity index (χ1) is 12.6. The lowest BCUT2D eigenvalue weighted by Gasteiger charge is -2.23. The predicted molar refractivity (Wildman–Crippen MR) is 108 cm³/mol. The second kappa shape index (κ2) is 7.87. The highest BCUT2D eigenvalue weighted by Crippen LogP contribution is 2.39. The molecule has 3 heterocycles. The number of likely N-dealkylation sites (tertiary alicyclic amines) is 1. The highest BCUT2D eigenvalue weighted by molar-refractivity contribution is 5.88. The summed E-state index contributed by atoms with van der Waals surface area (Å²) in [5.41, 5.74) is 2.85. The number of pyridine rings is 1. The maximum atomic E-state index is 12.5. The molecule has 2 aliphatic rings. The van der Waals surface area contributed by atoms with Crippen molar-refractivity contribution < 1.29 is 9.53 Å². The summed E-state index contributed by atoms with van der Waals surface area (Å²) in [6.45, 7) is 3.47. The van der Waals surface area contributed by atoms with Crippen molar-refractivity contribution in [2.45, 2.75) is 37.8 Å². The first kappa shape index (κ1) is 19.6. The van der Waals surface area contributed by atoms with Gasteiger partial charge in [-0.1, -0.05) is 12.1 Å². The summed E-state index contributed by atoms with van der Waals surface area (Å²) in [6, 6.07) is 12.4. The Hall–Kier alpha value is -2.11. The number of likely N-dealkylation sites (N-methyl/N-ethyl adjacent to an activating group) is 1. The van der Waals surface area contributed by atoms with Crippen molar-refractivity contribution in [2.75, 3.05) is 20.2 Å². The molecular formula is C21H26ClN3O2. The summed E-state index contributed by atoms with van der Waals surface area (Å²) < 4.78 is 5.61. The number of carbonyl (C=O) groups excluding carboxylic acids is 1. The van der Waals surface area contributed by atoms with E-state index in [-0.39, 0.29) is 29.9 Å². The molecular weight excluding hydrogens is 362 g/mol. The van der Waals surface area contributed by atoms with Crippen molar-refractivity contribution in [1.82, 2.24) is 15.2 Å². The average Bonchev–Trinajstić information content (AvgIpc) is 3.22. The minimum atomic E-state index is -0.383. The van der Waals surface area contributed by atoms with Crippen molar-refractivity contribution in [1.29, 1.82) is 0 Å². The fraction of sp³-hybridized carbons (Fsp3) is 0.429. The Morgan fingerprint density at radius 1 is 1.26 bits per heavy atom. The van der Waals surface area contributed by atoms with Crippen LogP contribution in [0.1, 0.15) is 37.9 Å². The monoisotopic (exact) mass is 387 g/mol. The zero-order chi connectivity index (χ0) is 18.1. The molecule has 2 aliphatic heterocycles. The molecule has 1 spiro atoms. The van der Waals surface area contributed by atoms with Crippen LogP contribution in [0.5, 0.6) is 5.75 Å². The van der Waals surface area contributed by atoms with Gasteiger partial charge in [0.25, 0.3) is 0 Å². The van der Waals surface area contributed by atoms with Crippen LogP contribution in [0.2, 0.25) is 0 Å². The van der Waals surface area contributed by atoms with E-state index < -0.39 is 0 Å². The lowest BCUT2D eigenvalue weighted by Crippen LogP contribution is -2.47. The predicted octanol–water partition coefficient (Wildman–Crippen LogP) is 3.59. The van der Waals surface area contributed by atoms with E-state index in [0.717, 1.165) is 48.4 Å². The minimum Gasteiger partial charge on any atom is -0.494 e. The Balaban J connectivity index is 0.00000210. The molecule has 4 rings (SSSR count). The molecule has 27 heavy (non-hydrogen) atoms. The first-order valence-electron chi connectivity index (χ1n) is 9.34. The van der Waals surface area contributed by atoms with E-state index in [0.29, 0.717) is 6.61 Å². The normalized spacial score (nSPS) is 24.3. The van der Waals surface area contributed by atoms with E-state index in [1.54, 1.807) is 0 Å². The van der Waals surface area contributed by atoms with Gasteiger partial charge in [0.2, 0.25) is 5.91 Å². The molecule has 0 saturated carbocycles. The number of amides is 1. The van der Waals surface area contributed by atoms with Gasteiger partial charge in [-0.05, 0) is 61.6 Å². The average molecular weight is 388 g/mol. The van der Waals surface area contributed by atoms with Crippen LogP contribution in [-0.2, 0) is 4.79 Å². The summed E-state index contributed by atoms with van der Waals surface area (Å²) in [7, 11) is 1.89. The number of carbonyl (C=O) groups is 1. The SMILES string of the molecule is CCOc1cccc(-c2ccnc([C@H]3CC[C@@]4(CCN(C)C4=O)N3)c2)c1.Cl. The molecule has 5 nitrogen and oxygen atoms in total. The minimum absolute atomic E-state index is 0. The van der Waals surface area contributed by atoms with E-state index in [1.807, 2.05) is 43.3 Å². The second-order valence-electron chi connectivity index (χ2n) is 7.22. The van der Waals surface area contributed by atoms with Crippen LogP contribution in [0.25, 0.3) is 11.1 Å². The number of rotatable bonds is 4. The fourth-order valence-corrected chi connectivity index (χ4v) is 4.14. The van der Waals surface area contributed by atoms with Crippen molar-refractivity contribution in [3.8, 4) is 16.9 Å². The smallest absolute Gasteiger partial charge is 0.242 e. The fourth-order valence-electron chi connectivity index (χ4n) is 4.14. The molecule has 0 aliphatic carbocycles. The lowest BCUT2D eigenvalue weighted by molar-refractivity contribution is -0.131. The third-order valence-corrected chi connectivity index (χ3v) is 5.56. The number of hydrogen-bond donors (Lipinski definition) is 1. The Kier molecular flexibility index (Phi) is 5.72. The summed E-state index contributed by atoms with van der Waals surface area (Å²) in [4.78, 5) is 18.9. The number of nitrogens with zero attached hydrogens (tertiary/aromatic N) is 2. The summed E-state index contributed by atoms with van der Waals surface area (Å²) >= 11 is 0. The van der Waals surface area contributed by atoms with Crippen molar-refractivity contribution >= 4 is 18.3 Å². The molecule has 0 bridgehead atoms. The highest BCUT2D eigenvalue weighted by Gasteiger charge is 2.50. The quantitative estimate of drug-likeness (QED) is 0.870. The zero-order valence-electron chi connectivity index (χ0n) is 15.8. The van der Waals surface area contributed by atoms with Crippen LogP contribution in [-0.4, -0.2) is 41.5 Å². The molecule has 1 aromatic heterocycles. The van der Waals surface area contributed by atoms with Crippen molar-refractivity contribution in [3.05, 3.63) is 48.3 Å². The molecule has 1 N–H and O–H groups in total. The molecule has 144 valence electrons. The van der Waals surface area contributed by atoms with Gasteiger partial charge in [0, 0.05) is 19.8 Å². The largest absolute Gasteiger partial charge is 0.494 e. The van der Waals surface area contributed by atoms with Gasteiger partial charge < -0.3 is 9.64 Å². The van der Waals surface area contributed by atoms with Gasteiger partial charge in [-0.2, -0.15) is 0 Å². The number of benzene rings is 1. The topological polar surface area (TPSA) is 54.5 Å². The van der Waals surface area contributed by atoms with Crippen molar-refractivity contribution in [2.24, 2.45) is 0 Å². The molecule has 1 amide bonds. The highest BCUT2D eigenvalue weighted by atomic mass is 35.5. The van der Waals surface area contributed by atoms with Crippen LogP contribution in [0.4, 0.5) is 0 Å². The van der Waals surface area contributed by atoms with Crippen molar-refractivity contribution in [3.63, 3.8) is 0 Å². The number of nitrogens with one attached hydrogen (secondary N) is 1. The molecule has 2 aromatic rings. The maximum Gasteiger partial charge on any atom is 0.242 e. The van der Waals surface area contributed by atoms with Gasteiger partial charge in [-0.3, -0.25) is 15.1 Å². The third kappa shape index (κ3) is 3.66. The Morgan fingerprint density at radius 2 is 2.07 bits per heavy atom. The van der Waals surface area contributed by atoms with E-state index in [2.05, 4.69) is 28.5 Å². The second-order valence-corrected chi connectivity index (χ2v) is 7.22. The van der Waals surface area contributed by atoms with Gasteiger partial charge in [0.05, 0.1) is 18.3 Å². The Labute approximate surface area is 166 Å². The summed E-state index contributed by atoms with van der Waals surface area (Å²) in [6.07, 6.45) is 4.56. The van der Waals surface area contributed by atoms with Crippen LogP contribution in [0.3, 0.4) is 0 Å². The molecule has 2 saturated heterocycles. The molecule has 0 radical (unpaired) electrons.